The molecule has 0 saturated carbocycles. The van der Waals surface area contributed by atoms with Gasteiger partial charge in [-0.3, -0.25) is 0 Å². The van der Waals surface area contributed by atoms with E-state index in [9.17, 15) is 4.79 Å². The van der Waals surface area contributed by atoms with Crippen LogP contribution in [0.5, 0.6) is 5.75 Å². The number of rotatable bonds is 2. The Hall–Kier alpha value is -1.95. The normalized spacial score (nSPS) is 9.47. The van der Waals surface area contributed by atoms with Crippen LogP contribution in [0.3, 0.4) is 0 Å². The van der Waals surface area contributed by atoms with Crippen molar-refractivity contribution in [2.45, 2.75) is 13.8 Å². The summed E-state index contributed by atoms with van der Waals surface area (Å²) in [6.07, 6.45) is 0. The summed E-state index contributed by atoms with van der Waals surface area (Å²) in [7, 11) is 2.86. The van der Waals surface area contributed by atoms with Crippen LogP contribution in [0, 0.1) is 17.8 Å². The van der Waals surface area contributed by atoms with E-state index in [0.29, 0.717) is 17.2 Å². The summed E-state index contributed by atoms with van der Waals surface area (Å²) < 4.78 is 9.81. The molecule has 0 fully saturated rings. The van der Waals surface area contributed by atoms with Gasteiger partial charge >= 0.3 is 5.97 Å². The van der Waals surface area contributed by atoms with Crippen molar-refractivity contribution >= 4 is 5.97 Å². The van der Waals surface area contributed by atoms with Crippen LogP contribution in [0.1, 0.15) is 29.8 Å². The molecule has 0 aliphatic heterocycles. The molecule has 0 aromatic heterocycles. The Kier molecular flexibility index (Phi) is 4.59. The maximum absolute atomic E-state index is 11.4. The number of carbonyl (C=O) groups is 1. The largest absolute Gasteiger partial charge is 0.496 e. The third kappa shape index (κ3) is 3.53. The molecule has 0 heterocycles. The van der Waals surface area contributed by atoms with Crippen LogP contribution in [0.15, 0.2) is 18.2 Å². The first-order valence-electron chi connectivity index (χ1n) is 5.36. The van der Waals surface area contributed by atoms with Crippen LogP contribution in [0.25, 0.3) is 0 Å². The monoisotopic (exact) mass is 232 g/mol. The highest BCUT2D eigenvalue weighted by atomic mass is 16.5. The zero-order valence-corrected chi connectivity index (χ0v) is 10.5. The molecule has 0 spiro atoms. The van der Waals surface area contributed by atoms with Gasteiger partial charge in [-0.05, 0) is 18.2 Å². The topological polar surface area (TPSA) is 35.5 Å². The second kappa shape index (κ2) is 5.95. The fourth-order valence-corrected chi connectivity index (χ4v) is 1.28. The quantitative estimate of drug-likeness (QED) is 0.580. The van der Waals surface area contributed by atoms with E-state index in [1.807, 2.05) is 13.8 Å². The van der Waals surface area contributed by atoms with E-state index in [4.69, 9.17) is 4.74 Å². The lowest BCUT2D eigenvalue weighted by Gasteiger charge is -2.06. The average molecular weight is 232 g/mol. The summed E-state index contributed by atoms with van der Waals surface area (Å²) >= 11 is 0. The maximum atomic E-state index is 11.4. The molecule has 0 amide bonds. The smallest absolute Gasteiger partial charge is 0.341 e. The molecular weight excluding hydrogens is 216 g/mol. The summed E-state index contributed by atoms with van der Waals surface area (Å²) in [5.41, 5.74) is 1.23. The van der Waals surface area contributed by atoms with Crippen LogP contribution in [-0.2, 0) is 4.74 Å². The molecule has 0 atom stereocenters. The van der Waals surface area contributed by atoms with Gasteiger partial charge in [0, 0.05) is 11.5 Å². The van der Waals surface area contributed by atoms with Crippen LogP contribution < -0.4 is 4.74 Å². The second-order valence-corrected chi connectivity index (χ2v) is 3.83. The van der Waals surface area contributed by atoms with E-state index < -0.39 is 5.97 Å². The van der Waals surface area contributed by atoms with Gasteiger partial charge in [-0.15, -0.1) is 0 Å². The molecular formula is C14H16O3. The molecule has 1 aromatic rings. The first kappa shape index (κ1) is 13.1. The van der Waals surface area contributed by atoms with Crippen molar-refractivity contribution in [3.8, 4) is 17.6 Å². The lowest BCUT2D eigenvalue weighted by Crippen LogP contribution is -2.04. The van der Waals surface area contributed by atoms with Crippen molar-refractivity contribution in [1.82, 2.24) is 0 Å². The van der Waals surface area contributed by atoms with Crippen molar-refractivity contribution in [2.24, 2.45) is 5.92 Å². The van der Waals surface area contributed by atoms with Crippen molar-refractivity contribution in [2.75, 3.05) is 14.2 Å². The van der Waals surface area contributed by atoms with Gasteiger partial charge in [-0.1, -0.05) is 25.7 Å². The minimum absolute atomic E-state index is 0.307. The molecule has 3 heteroatoms. The lowest BCUT2D eigenvalue weighted by atomic mass is 10.1. The van der Waals surface area contributed by atoms with Gasteiger partial charge < -0.3 is 9.47 Å². The molecule has 0 aliphatic rings. The predicted octanol–water partition coefficient (Wildman–Crippen LogP) is 2.49. The molecule has 0 radical (unpaired) electrons. The number of methoxy groups -OCH3 is 2. The van der Waals surface area contributed by atoms with E-state index in [2.05, 4.69) is 16.6 Å². The van der Waals surface area contributed by atoms with Gasteiger partial charge in [0.2, 0.25) is 0 Å². The molecule has 1 aromatic carbocycles. The zero-order chi connectivity index (χ0) is 12.8. The summed E-state index contributed by atoms with van der Waals surface area (Å²) in [6, 6.07) is 5.18. The molecule has 0 saturated heterocycles. The number of hydrogen-bond donors (Lipinski definition) is 0. The second-order valence-electron chi connectivity index (χ2n) is 3.83. The van der Waals surface area contributed by atoms with Gasteiger partial charge in [0.25, 0.3) is 0 Å². The number of hydrogen-bond acceptors (Lipinski definition) is 3. The zero-order valence-electron chi connectivity index (χ0n) is 10.5. The fourth-order valence-electron chi connectivity index (χ4n) is 1.28. The molecule has 1 rings (SSSR count). The molecule has 0 bridgehead atoms. The highest BCUT2D eigenvalue weighted by Gasteiger charge is 2.12. The maximum Gasteiger partial charge on any atom is 0.341 e. The Morgan fingerprint density at radius 1 is 1.29 bits per heavy atom. The van der Waals surface area contributed by atoms with Crippen LogP contribution >= 0.6 is 0 Å². The van der Waals surface area contributed by atoms with Gasteiger partial charge in [0.05, 0.1) is 14.2 Å². The first-order chi connectivity index (χ1) is 8.08. The third-order valence-electron chi connectivity index (χ3n) is 2.11. The van der Waals surface area contributed by atoms with E-state index in [0.717, 1.165) is 5.56 Å². The van der Waals surface area contributed by atoms with Gasteiger partial charge in [0.1, 0.15) is 11.3 Å². The molecule has 0 aliphatic carbocycles. The Balaban J connectivity index is 3.10. The lowest BCUT2D eigenvalue weighted by molar-refractivity contribution is 0.0597. The predicted molar refractivity (Wildman–Crippen MR) is 66.0 cm³/mol. The molecule has 0 N–H and O–H groups in total. The SMILES string of the molecule is COC(=O)c1ccc(C#CC(C)C)cc1OC. The number of carbonyl (C=O) groups excluding carboxylic acids is 1. The van der Waals surface area contributed by atoms with Gasteiger partial charge in [-0.25, -0.2) is 4.79 Å². The van der Waals surface area contributed by atoms with Crippen molar-refractivity contribution in [3.63, 3.8) is 0 Å². The minimum atomic E-state index is -0.412. The van der Waals surface area contributed by atoms with Gasteiger partial charge in [-0.2, -0.15) is 0 Å². The molecule has 17 heavy (non-hydrogen) atoms. The van der Waals surface area contributed by atoms with Crippen molar-refractivity contribution < 1.29 is 14.3 Å². The van der Waals surface area contributed by atoms with E-state index in [1.165, 1.54) is 14.2 Å². The van der Waals surface area contributed by atoms with Crippen LogP contribution in [-0.4, -0.2) is 20.2 Å². The van der Waals surface area contributed by atoms with Crippen molar-refractivity contribution in [1.29, 1.82) is 0 Å². The standard InChI is InChI=1S/C14H16O3/c1-10(2)5-6-11-7-8-12(14(15)17-4)13(9-11)16-3/h7-10H,1-4H3. The van der Waals surface area contributed by atoms with E-state index in [-0.39, 0.29) is 0 Å². The van der Waals surface area contributed by atoms with Crippen LogP contribution in [0.4, 0.5) is 0 Å². The summed E-state index contributed by atoms with van der Waals surface area (Å²) in [6.45, 7) is 4.04. The Morgan fingerprint density at radius 2 is 2.00 bits per heavy atom. The first-order valence-corrected chi connectivity index (χ1v) is 5.36. The van der Waals surface area contributed by atoms with Gasteiger partial charge in [0.15, 0.2) is 0 Å². The number of esters is 1. The third-order valence-corrected chi connectivity index (χ3v) is 2.11. The summed E-state index contributed by atoms with van der Waals surface area (Å²) in [5, 5.41) is 0. The highest BCUT2D eigenvalue weighted by Crippen LogP contribution is 2.20. The van der Waals surface area contributed by atoms with Crippen LogP contribution in [0.2, 0.25) is 0 Å². The minimum Gasteiger partial charge on any atom is -0.496 e. The summed E-state index contributed by atoms with van der Waals surface area (Å²) in [4.78, 5) is 11.4. The Bertz CT molecular complexity index is 464. The van der Waals surface area contributed by atoms with E-state index >= 15 is 0 Å². The van der Waals surface area contributed by atoms with E-state index in [1.54, 1.807) is 18.2 Å². The number of benzene rings is 1. The fraction of sp³-hybridized carbons (Fsp3) is 0.357. The number of ether oxygens (including phenoxy) is 2. The Labute approximate surface area is 102 Å². The molecule has 3 nitrogen and oxygen atoms in total. The molecule has 90 valence electrons. The highest BCUT2D eigenvalue weighted by molar-refractivity contribution is 5.92. The van der Waals surface area contributed by atoms with Crippen molar-refractivity contribution in [3.05, 3.63) is 29.3 Å². The molecule has 0 unspecified atom stereocenters. The Morgan fingerprint density at radius 3 is 2.53 bits per heavy atom. The summed E-state index contributed by atoms with van der Waals surface area (Å²) in [5.74, 6) is 6.45. The average Bonchev–Trinajstić information content (AvgIpc) is 2.34.